The van der Waals surface area contributed by atoms with Gasteiger partial charge >= 0.3 is 6.18 Å². The fourth-order valence-corrected chi connectivity index (χ4v) is 7.58. The lowest BCUT2D eigenvalue weighted by Gasteiger charge is -2.22. The fraction of sp³-hybridized carbons (Fsp3) is 0.167. The first-order chi connectivity index (χ1) is 20.4. The lowest BCUT2D eigenvalue weighted by molar-refractivity contribution is -0.137. The molecule has 8 nitrogen and oxygen atoms in total. The molecule has 0 amide bonds. The molecule has 1 aliphatic heterocycles. The van der Waals surface area contributed by atoms with E-state index in [2.05, 4.69) is 9.97 Å². The van der Waals surface area contributed by atoms with Gasteiger partial charge in [0.05, 0.1) is 16.2 Å². The number of pyridine rings is 1. The van der Waals surface area contributed by atoms with Crippen LogP contribution >= 0.6 is 11.3 Å². The first-order valence-corrected chi connectivity index (χ1v) is 15.5. The monoisotopic (exact) mass is 621 g/mol. The third-order valence-corrected chi connectivity index (χ3v) is 10.2. The minimum atomic E-state index is -4.68. The number of aliphatic hydroxyl groups is 1. The van der Waals surface area contributed by atoms with Crippen LogP contribution in [0.5, 0.6) is 0 Å². The Morgan fingerprint density at radius 1 is 1.07 bits per heavy atom. The van der Waals surface area contributed by atoms with Crippen LogP contribution in [0.25, 0.3) is 32.9 Å². The van der Waals surface area contributed by atoms with Crippen LogP contribution in [0, 0.1) is 6.92 Å². The standard InChI is InChI=1S/C30H22F3N5O3S2/c1-18-5-7-22(8-6-18)43(40,41)38-16-24(23-14-21(30(31,32)33)15-35-26(23)38)27-36-25(17-42-27)19-3-2-4-20(13-19)29(39)9-11-37-12-10-34-28(29)37/h2-8,10,12-17,39H,9,11H2,1H3/t29-/m1/s1. The molecule has 0 aliphatic carbocycles. The Bertz CT molecular complexity index is 2130. The van der Waals surface area contributed by atoms with Crippen molar-refractivity contribution in [3.63, 3.8) is 0 Å². The highest BCUT2D eigenvalue weighted by molar-refractivity contribution is 7.90. The molecule has 218 valence electrons. The van der Waals surface area contributed by atoms with Gasteiger partial charge in [-0.25, -0.2) is 27.3 Å². The fourth-order valence-electron chi connectivity index (χ4n) is 5.40. The summed E-state index contributed by atoms with van der Waals surface area (Å²) in [7, 11) is -4.19. The topological polar surface area (TPSA) is 103 Å². The third kappa shape index (κ3) is 4.46. The van der Waals surface area contributed by atoms with Gasteiger partial charge in [0.1, 0.15) is 16.4 Å². The van der Waals surface area contributed by atoms with Gasteiger partial charge in [0.25, 0.3) is 10.0 Å². The quantitative estimate of drug-likeness (QED) is 0.245. The maximum absolute atomic E-state index is 13.7. The van der Waals surface area contributed by atoms with Crippen molar-refractivity contribution in [1.29, 1.82) is 0 Å². The molecule has 0 radical (unpaired) electrons. The second-order valence-electron chi connectivity index (χ2n) is 10.4. The van der Waals surface area contributed by atoms with E-state index in [0.29, 0.717) is 46.8 Å². The Kier molecular flexibility index (Phi) is 6.13. The van der Waals surface area contributed by atoms with Crippen molar-refractivity contribution in [2.24, 2.45) is 0 Å². The van der Waals surface area contributed by atoms with E-state index in [1.54, 1.807) is 29.8 Å². The normalized spacial score (nSPS) is 17.0. The number of imidazole rings is 1. The molecule has 0 spiro atoms. The van der Waals surface area contributed by atoms with Crippen LogP contribution in [0.4, 0.5) is 13.2 Å². The summed E-state index contributed by atoms with van der Waals surface area (Å²) in [6, 6.07) is 14.3. The van der Waals surface area contributed by atoms with Crippen LogP contribution in [0.15, 0.2) is 89.7 Å². The van der Waals surface area contributed by atoms with E-state index < -0.39 is 27.4 Å². The molecule has 0 fully saturated rings. The number of hydrogen-bond donors (Lipinski definition) is 1. The summed E-state index contributed by atoms with van der Waals surface area (Å²) in [4.78, 5) is 13.0. The van der Waals surface area contributed by atoms with Gasteiger partial charge in [-0.15, -0.1) is 11.3 Å². The van der Waals surface area contributed by atoms with Crippen LogP contribution in [-0.2, 0) is 28.3 Å². The van der Waals surface area contributed by atoms with Crippen LogP contribution in [0.1, 0.15) is 28.9 Å². The van der Waals surface area contributed by atoms with Crippen molar-refractivity contribution >= 4 is 32.4 Å². The largest absolute Gasteiger partial charge is 0.417 e. The van der Waals surface area contributed by atoms with Crippen molar-refractivity contribution in [2.75, 3.05) is 0 Å². The maximum Gasteiger partial charge on any atom is 0.417 e. The van der Waals surface area contributed by atoms with E-state index >= 15 is 0 Å². The lowest BCUT2D eigenvalue weighted by atomic mass is 9.90. The summed E-state index contributed by atoms with van der Waals surface area (Å²) in [5, 5.41) is 13.6. The molecule has 0 saturated heterocycles. The predicted octanol–water partition coefficient (Wildman–Crippen LogP) is 6.23. The number of aromatic nitrogens is 5. The Morgan fingerprint density at radius 3 is 2.63 bits per heavy atom. The van der Waals surface area contributed by atoms with Crippen molar-refractivity contribution in [1.82, 2.24) is 23.5 Å². The van der Waals surface area contributed by atoms with Gasteiger partial charge in [-0.05, 0) is 36.8 Å². The molecule has 0 bridgehead atoms. The minimum Gasteiger partial charge on any atom is -0.377 e. The summed E-state index contributed by atoms with van der Waals surface area (Å²) in [6.07, 6.45) is 1.15. The summed E-state index contributed by atoms with van der Waals surface area (Å²) in [6.45, 7) is 2.44. The number of hydrogen-bond acceptors (Lipinski definition) is 7. The Morgan fingerprint density at radius 2 is 1.86 bits per heavy atom. The second kappa shape index (κ2) is 9.59. The molecule has 1 N–H and O–H groups in total. The summed E-state index contributed by atoms with van der Waals surface area (Å²) in [5.41, 5.74) is 0.501. The number of aryl methyl sites for hydroxylation is 2. The number of alkyl halides is 3. The zero-order chi connectivity index (χ0) is 30.1. The van der Waals surface area contributed by atoms with E-state index in [9.17, 15) is 26.7 Å². The third-order valence-electron chi connectivity index (χ3n) is 7.69. The molecule has 0 saturated carbocycles. The average Bonchev–Trinajstić information content (AvgIpc) is 3.77. The lowest BCUT2D eigenvalue weighted by Crippen LogP contribution is -2.25. The van der Waals surface area contributed by atoms with Crippen molar-refractivity contribution in [2.45, 2.75) is 36.6 Å². The van der Waals surface area contributed by atoms with Crippen molar-refractivity contribution < 1.29 is 26.7 Å². The zero-order valence-electron chi connectivity index (χ0n) is 22.4. The summed E-state index contributed by atoms with van der Waals surface area (Å²) >= 11 is 1.17. The molecule has 7 rings (SSSR count). The smallest absolute Gasteiger partial charge is 0.377 e. The number of halogens is 3. The molecular formula is C30H22F3N5O3S2. The molecule has 13 heteroatoms. The van der Waals surface area contributed by atoms with Gasteiger partial charge in [-0.3, -0.25) is 0 Å². The van der Waals surface area contributed by atoms with E-state index in [-0.39, 0.29) is 21.5 Å². The van der Waals surface area contributed by atoms with Gasteiger partial charge in [-0.1, -0.05) is 35.9 Å². The van der Waals surface area contributed by atoms with Crippen LogP contribution in [0.2, 0.25) is 0 Å². The second-order valence-corrected chi connectivity index (χ2v) is 13.1. The number of rotatable bonds is 5. The molecular weight excluding hydrogens is 599 g/mol. The van der Waals surface area contributed by atoms with Gasteiger partial charge in [0.15, 0.2) is 5.65 Å². The Hall–Kier alpha value is -4.33. The first-order valence-electron chi connectivity index (χ1n) is 13.2. The molecule has 2 aromatic carbocycles. The molecule has 1 aliphatic rings. The molecule has 0 unspecified atom stereocenters. The number of nitrogens with zero attached hydrogens (tertiary/aromatic N) is 5. The Labute approximate surface area is 247 Å². The number of thiazole rings is 1. The van der Waals surface area contributed by atoms with Gasteiger partial charge < -0.3 is 9.67 Å². The van der Waals surface area contributed by atoms with Crippen LogP contribution in [0.3, 0.4) is 0 Å². The molecule has 4 aromatic heterocycles. The maximum atomic E-state index is 13.7. The SMILES string of the molecule is Cc1ccc(S(=O)(=O)n2cc(-c3nc(-c4cccc([C@]5(O)CCn6ccnc65)c4)cs3)c3cc(C(F)(F)F)cnc32)cc1. The minimum absolute atomic E-state index is 0.00673. The number of benzene rings is 2. The van der Waals surface area contributed by atoms with Gasteiger partial charge in [-0.2, -0.15) is 13.2 Å². The molecule has 43 heavy (non-hydrogen) atoms. The molecule has 6 aromatic rings. The van der Waals surface area contributed by atoms with Gasteiger partial charge in [0, 0.05) is 59.6 Å². The molecule has 5 heterocycles. The zero-order valence-corrected chi connectivity index (χ0v) is 24.1. The first kappa shape index (κ1) is 27.5. The van der Waals surface area contributed by atoms with E-state index in [1.807, 2.05) is 35.9 Å². The van der Waals surface area contributed by atoms with Crippen molar-refractivity contribution in [3.8, 4) is 21.8 Å². The molecule has 1 atom stereocenters. The number of fused-ring (bicyclic) bond motifs is 2. The van der Waals surface area contributed by atoms with E-state index in [0.717, 1.165) is 15.6 Å². The highest BCUT2D eigenvalue weighted by Gasteiger charge is 2.40. The summed E-state index contributed by atoms with van der Waals surface area (Å²) in [5.74, 6) is 0.555. The predicted molar refractivity (Wildman–Crippen MR) is 155 cm³/mol. The van der Waals surface area contributed by atoms with E-state index in [4.69, 9.17) is 4.98 Å². The van der Waals surface area contributed by atoms with Gasteiger partial charge in [0.2, 0.25) is 0 Å². The summed E-state index contributed by atoms with van der Waals surface area (Å²) < 4.78 is 71.1. The van der Waals surface area contributed by atoms with Crippen molar-refractivity contribution in [3.05, 3.63) is 107 Å². The van der Waals surface area contributed by atoms with Crippen LogP contribution < -0.4 is 0 Å². The average molecular weight is 622 g/mol. The highest BCUT2D eigenvalue weighted by Crippen LogP contribution is 2.41. The highest BCUT2D eigenvalue weighted by atomic mass is 32.2. The van der Waals surface area contributed by atoms with E-state index in [1.165, 1.54) is 29.7 Å². The Balaban J connectivity index is 1.34. The van der Waals surface area contributed by atoms with Crippen LogP contribution in [-0.4, -0.2) is 37.0 Å².